The second-order valence-corrected chi connectivity index (χ2v) is 5.58. The molecule has 19 heavy (non-hydrogen) atoms. The highest BCUT2D eigenvalue weighted by atomic mass is 32.2. The topological polar surface area (TPSA) is 74.7 Å². The first kappa shape index (κ1) is 15.3. The van der Waals surface area contributed by atoms with Gasteiger partial charge < -0.3 is 10.0 Å². The third-order valence-electron chi connectivity index (χ3n) is 2.24. The van der Waals surface area contributed by atoms with Crippen molar-refractivity contribution in [3.8, 4) is 0 Å². The Kier molecular flexibility index (Phi) is 4.09. The van der Waals surface area contributed by atoms with Gasteiger partial charge in [-0.1, -0.05) is 12.1 Å². The molecular formula is C10H10F3NO4S. The van der Waals surface area contributed by atoms with Crippen molar-refractivity contribution in [3.05, 3.63) is 24.3 Å². The van der Waals surface area contributed by atoms with E-state index in [0.717, 1.165) is 23.1 Å². The Hall–Kier alpha value is -1.77. The van der Waals surface area contributed by atoms with Crippen molar-refractivity contribution in [1.82, 2.24) is 0 Å². The van der Waals surface area contributed by atoms with Gasteiger partial charge in [-0.05, 0) is 12.1 Å². The summed E-state index contributed by atoms with van der Waals surface area (Å²) in [5.74, 6) is -1.29. The van der Waals surface area contributed by atoms with Gasteiger partial charge in [0.25, 0.3) is 9.84 Å². The van der Waals surface area contributed by atoms with Gasteiger partial charge in [-0.15, -0.1) is 0 Å². The van der Waals surface area contributed by atoms with Gasteiger partial charge in [-0.25, -0.2) is 8.42 Å². The highest BCUT2D eigenvalue weighted by Crippen LogP contribution is 2.35. The lowest BCUT2D eigenvalue weighted by Gasteiger charge is -2.20. The molecule has 0 saturated heterocycles. The van der Waals surface area contributed by atoms with Crippen molar-refractivity contribution < 1.29 is 31.5 Å². The molecule has 0 amide bonds. The predicted octanol–water partition coefficient (Wildman–Crippen LogP) is 1.50. The first-order chi connectivity index (χ1) is 8.57. The van der Waals surface area contributed by atoms with Gasteiger partial charge in [0.15, 0.2) is 0 Å². The third kappa shape index (κ3) is 3.16. The summed E-state index contributed by atoms with van der Waals surface area (Å²) in [5, 5.41) is 8.59. The van der Waals surface area contributed by atoms with E-state index in [2.05, 4.69) is 0 Å². The molecule has 0 aromatic heterocycles. The number of sulfone groups is 1. The maximum atomic E-state index is 12.5. The van der Waals surface area contributed by atoms with Crippen LogP contribution in [0.3, 0.4) is 0 Å². The zero-order chi connectivity index (χ0) is 14.8. The summed E-state index contributed by atoms with van der Waals surface area (Å²) in [6.45, 7) is -0.621. The molecule has 0 atom stereocenters. The van der Waals surface area contributed by atoms with E-state index in [1.807, 2.05) is 0 Å². The summed E-state index contributed by atoms with van der Waals surface area (Å²) in [6, 6.07) is 4.36. The van der Waals surface area contributed by atoms with Crippen LogP contribution >= 0.6 is 0 Å². The van der Waals surface area contributed by atoms with Gasteiger partial charge in [0.2, 0.25) is 0 Å². The van der Waals surface area contributed by atoms with Crippen molar-refractivity contribution in [2.24, 2.45) is 0 Å². The number of nitrogens with zero attached hydrogens (tertiary/aromatic N) is 1. The molecule has 0 radical (unpaired) electrons. The standard InChI is InChI=1S/C10H10F3NO4S/c1-14(6-9(15)16)7-4-2-3-5-8(7)19(17,18)10(11,12)13/h2-5H,6H2,1H3,(H,15,16). The summed E-state index contributed by atoms with van der Waals surface area (Å²) in [5.41, 5.74) is -5.75. The van der Waals surface area contributed by atoms with Crippen LogP contribution in [0.5, 0.6) is 0 Å². The van der Waals surface area contributed by atoms with Crippen molar-refractivity contribution in [2.75, 3.05) is 18.5 Å². The number of hydrogen-bond donors (Lipinski definition) is 1. The number of aliphatic carboxylic acids is 1. The van der Waals surface area contributed by atoms with Crippen molar-refractivity contribution in [2.45, 2.75) is 10.4 Å². The smallest absolute Gasteiger partial charge is 0.480 e. The molecule has 0 spiro atoms. The van der Waals surface area contributed by atoms with Crippen LogP contribution in [0.25, 0.3) is 0 Å². The maximum absolute atomic E-state index is 12.5. The Morgan fingerprint density at radius 3 is 2.32 bits per heavy atom. The monoisotopic (exact) mass is 297 g/mol. The van der Waals surface area contributed by atoms with Gasteiger partial charge in [-0.3, -0.25) is 4.79 Å². The molecule has 0 aliphatic carbocycles. The van der Waals surface area contributed by atoms with E-state index in [9.17, 15) is 26.4 Å². The number of carboxylic acids is 1. The summed E-state index contributed by atoms with van der Waals surface area (Å²) in [6.07, 6.45) is 0. The van der Waals surface area contributed by atoms with Crippen LogP contribution in [0.4, 0.5) is 18.9 Å². The number of hydrogen-bond acceptors (Lipinski definition) is 4. The predicted molar refractivity (Wildman–Crippen MR) is 60.6 cm³/mol. The first-order valence-electron chi connectivity index (χ1n) is 4.90. The molecule has 0 heterocycles. The molecule has 106 valence electrons. The average molecular weight is 297 g/mol. The molecule has 0 unspecified atom stereocenters. The number of likely N-dealkylation sites (N-methyl/N-ethyl adjacent to an activating group) is 1. The molecule has 1 N–H and O–H groups in total. The number of carbonyl (C=O) groups is 1. The Labute approximate surface area is 107 Å². The van der Waals surface area contributed by atoms with Gasteiger partial charge >= 0.3 is 11.5 Å². The number of rotatable bonds is 4. The summed E-state index contributed by atoms with van der Waals surface area (Å²) in [7, 11) is -4.33. The second kappa shape index (κ2) is 5.08. The van der Waals surface area contributed by atoms with Gasteiger partial charge in [0.1, 0.15) is 6.54 Å². The van der Waals surface area contributed by atoms with Crippen molar-refractivity contribution in [1.29, 1.82) is 0 Å². The largest absolute Gasteiger partial charge is 0.501 e. The molecule has 0 saturated carbocycles. The average Bonchev–Trinajstić information content (AvgIpc) is 2.26. The minimum absolute atomic E-state index is 0.317. The molecule has 0 fully saturated rings. The van der Waals surface area contributed by atoms with E-state index < -0.39 is 32.8 Å². The number of carboxylic acid groups (broad SMARTS) is 1. The fraction of sp³-hybridized carbons (Fsp3) is 0.300. The zero-order valence-electron chi connectivity index (χ0n) is 9.68. The Balaban J connectivity index is 3.36. The van der Waals surface area contributed by atoms with Crippen LogP contribution in [0.2, 0.25) is 0 Å². The number of para-hydroxylation sites is 1. The first-order valence-corrected chi connectivity index (χ1v) is 6.39. The summed E-state index contributed by atoms with van der Waals surface area (Å²) >= 11 is 0. The van der Waals surface area contributed by atoms with Gasteiger partial charge in [0, 0.05) is 7.05 Å². The van der Waals surface area contributed by atoms with E-state index in [1.54, 1.807) is 0 Å². The maximum Gasteiger partial charge on any atom is 0.501 e. The Morgan fingerprint density at radius 2 is 1.84 bits per heavy atom. The fourth-order valence-electron chi connectivity index (χ4n) is 1.41. The molecule has 1 rings (SSSR count). The lowest BCUT2D eigenvalue weighted by Crippen LogP contribution is -2.29. The summed E-state index contributed by atoms with van der Waals surface area (Å²) < 4.78 is 60.2. The third-order valence-corrected chi connectivity index (χ3v) is 3.78. The number of alkyl halides is 3. The van der Waals surface area contributed by atoms with Crippen LogP contribution in [0, 0.1) is 0 Å². The molecule has 1 aromatic carbocycles. The van der Waals surface area contributed by atoms with E-state index in [4.69, 9.17) is 5.11 Å². The lowest BCUT2D eigenvalue weighted by atomic mass is 10.3. The van der Waals surface area contributed by atoms with Crippen molar-refractivity contribution >= 4 is 21.5 Å². The quantitative estimate of drug-likeness (QED) is 0.911. The van der Waals surface area contributed by atoms with Crippen LogP contribution in [-0.2, 0) is 14.6 Å². The highest BCUT2D eigenvalue weighted by molar-refractivity contribution is 7.92. The van der Waals surface area contributed by atoms with E-state index in [-0.39, 0.29) is 5.69 Å². The molecule has 0 bridgehead atoms. The lowest BCUT2D eigenvalue weighted by molar-refractivity contribution is -0.135. The van der Waals surface area contributed by atoms with E-state index in [0.29, 0.717) is 0 Å². The molecular weight excluding hydrogens is 287 g/mol. The van der Waals surface area contributed by atoms with Gasteiger partial charge in [-0.2, -0.15) is 13.2 Å². The normalized spacial score (nSPS) is 12.2. The number of halogens is 3. The SMILES string of the molecule is CN(CC(=O)O)c1ccccc1S(=O)(=O)C(F)(F)F. The van der Waals surface area contributed by atoms with Crippen LogP contribution in [0.15, 0.2) is 29.2 Å². The second-order valence-electron chi connectivity index (χ2n) is 3.67. The zero-order valence-corrected chi connectivity index (χ0v) is 10.5. The van der Waals surface area contributed by atoms with E-state index >= 15 is 0 Å². The minimum atomic E-state index is -5.52. The van der Waals surface area contributed by atoms with Gasteiger partial charge in [0.05, 0.1) is 10.6 Å². The number of anilines is 1. The highest BCUT2D eigenvalue weighted by Gasteiger charge is 2.48. The van der Waals surface area contributed by atoms with Crippen molar-refractivity contribution in [3.63, 3.8) is 0 Å². The van der Waals surface area contributed by atoms with Crippen LogP contribution in [0.1, 0.15) is 0 Å². The Bertz CT molecular complexity index is 583. The molecule has 0 aliphatic heterocycles. The fourth-order valence-corrected chi connectivity index (χ4v) is 2.42. The number of benzene rings is 1. The molecule has 9 heteroatoms. The molecule has 1 aromatic rings. The van der Waals surface area contributed by atoms with Crippen LogP contribution in [-0.4, -0.2) is 38.6 Å². The molecule has 0 aliphatic rings. The summed E-state index contributed by atoms with van der Waals surface area (Å²) in [4.78, 5) is 10.5. The minimum Gasteiger partial charge on any atom is -0.480 e. The van der Waals surface area contributed by atoms with Crippen LogP contribution < -0.4 is 4.90 Å². The van der Waals surface area contributed by atoms with E-state index in [1.165, 1.54) is 13.1 Å². The molecule has 5 nitrogen and oxygen atoms in total. The Morgan fingerprint density at radius 1 is 1.32 bits per heavy atom.